The molecule has 1 unspecified atom stereocenters. The molecule has 1 saturated heterocycles. The number of sulfone groups is 1. The van der Waals surface area contributed by atoms with E-state index in [-0.39, 0.29) is 23.5 Å². The van der Waals surface area contributed by atoms with Crippen molar-refractivity contribution in [2.75, 3.05) is 11.5 Å². The molecule has 140 valence electrons. The van der Waals surface area contributed by atoms with Crippen LogP contribution in [0, 0.1) is 13.8 Å². The van der Waals surface area contributed by atoms with Crippen molar-refractivity contribution >= 4 is 38.0 Å². The Morgan fingerprint density at radius 2 is 2.07 bits per heavy atom. The molecule has 0 aliphatic carbocycles. The minimum absolute atomic E-state index is 0.0115. The van der Waals surface area contributed by atoms with Gasteiger partial charge in [0.05, 0.1) is 33.2 Å². The lowest BCUT2D eigenvalue weighted by atomic mass is 10.0. The molecule has 0 spiro atoms. The lowest BCUT2D eigenvalue weighted by molar-refractivity contribution is 0.0943. The minimum Gasteiger partial charge on any atom is -0.348 e. The molecule has 5 nitrogen and oxygen atoms in total. The molecule has 3 aromatic rings. The number of pyridine rings is 1. The third kappa shape index (κ3) is 3.61. The highest BCUT2D eigenvalue weighted by Crippen LogP contribution is 2.30. The maximum atomic E-state index is 13.0. The molecular formula is C20H20N2O3S2. The van der Waals surface area contributed by atoms with Crippen LogP contribution in [0.5, 0.6) is 0 Å². The highest BCUT2D eigenvalue weighted by Gasteiger charge is 2.29. The quantitative estimate of drug-likeness (QED) is 0.730. The normalized spacial score (nSPS) is 18.7. The van der Waals surface area contributed by atoms with Gasteiger partial charge in [0.25, 0.3) is 5.91 Å². The van der Waals surface area contributed by atoms with Crippen LogP contribution in [-0.2, 0) is 9.84 Å². The number of thiophene rings is 1. The van der Waals surface area contributed by atoms with Gasteiger partial charge in [0, 0.05) is 11.4 Å². The molecule has 1 amide bonds. The van der Waals surface area contributed by atoms with E-state index >= 15 is 0 Å². The van der Waals surface area contributed by atoms with Crippen LogP contribution in [-0.4, -0.2) is 36.9 Å². The number of hydrogen-bond acceptors (Lipinski definition) is 5. The fraction of sp³-hybridized carbons (Fsp3) is 0.300. The molecule has 1 aliphatic heterocycles. The first-order chi connectivity index (χ1) is 12.8. The van der Waals surface area contributed by atoms with E-state index in [1.54, 1.807) is 11.3 Å². The standard InChI is InChI=1S/C20H20N2O3S2/c1-12-8-13(2)19-15(9-12)16(10-17(22-19)18-4-3-6-26-18)20(23)21-14-5-7-27(24,25)11-14/h3-4,6,8-10,14H,5,7,11H2,1-2H3,(H,21,23). The van der Waals surface area contributed by atoms with E-state index in [2.05, 4.69) is 11.4 Å². The van der Waals surface area contributed by atoms with E-state index in [4.69, 9.17) is 4.98 Å². The molecule has 1 aromatic carbocycles. The number of amides is 1. The smallest absolute Gasteiger partial charge is 0.252 e. The number of rotatable bonds is 3. The molecule has 1 atom stereocenters. The predicted molar refractivity (Wildman–Crippen MR) is 109 cm³/mol. The number of nitrogens with zero attached hydrogens (tertiary/aromatic N) is 1. The number of benzene rings is 1. The van der Waals surface area contributed by atoms with Gasteiger partial charge in [0.1, 0.15) is 0 Å². The fourth-order valence-corrected chi connectivity index (χ4v) is 5.95. The highest BCUT2D eigenvalue weighted by molar-refractivity contribution is 7.91. The third-order valence-corrected chi connectivity index (χ3v) is 7.49. The van der Waals surface area contributed by atoms with E-state index in [9.17, 15) is 13.2 Å². The van der Waals surface area contributed by atoms with Crippen molar-refractivity contribution in [3.05, 3.63) is 52.4 Å². The summed E-state index contributed by atoms with van der Waals surface area (Å²) in [5.41, 5.74) is 4.17. The summed E-state index contributed by atoms with van der Waals surface area (Å²) >= 11 is 1.57. The van der Waals surface area contributed by atoms with Crippen LogP contribution in [0.25, 0.3) is 21.5 Å². The first-order valence-electron chi connectivity index (χ1n) is 8.79. The second-order valence-electron chi connectivity index (χ2n) is 7.08. The molecule has 2 aromatic heterocycles. The number of fused-ring (bicyclic) bond motifs is 1. The summed E-state index contributed by atoms with van der Waals surface area (Å²) in [6, 6.07) is 9.44. The number of aromatic nitrogens is 1. The van der Waals surface area contributed by atoms with Crippen molar-refractivity contribution in [1.82, 2.24) is 10.3 Å². The molecular weight excluding hydrogens is 380 g/mol. The zero-order valence-electron chi connectivity index (χ0n) is 15.2. The second kappa shape index (κ2) is 6.73. The lowest BCUT2D eigenvalue weighted by Gasteiger charge is -2.15. The Hall–Kier alpha value is -2.25. The van der Waals surface area contributed by atoms with E-state index in [1.165, 1.54) is 0 Å². The van der Waals surface area contributed by atoms with Crippen molar-refractivity contribution in [1.29, 1.82) is 0 Å². The summed E-state index contributed by atoms with van der Waals surface area (Å²) < 4.78 is 23.4. The van der Waals surface area contributed by atoms with Crippen LogP contribution in [0.4, 0.5) is 0 Å². The maximum Gasteiger partial charge on any atom is 0.252 e. The van der Waals surface area contributed by atoms with Crippen molar-refractivity contribution < 1.29 is 13.2 Å². The molecule has 0 saturated carbocycles. The fourth-order valence-electron chi connectivity index (χ4n) is 3.59. The van der Waals surface area contributed by atoms with Crippen LogP contribution < -0.4 is 5.32 Å². The van der Waals surface area contributed by atoms with Gasteiger partial charge in [-0.25, -0.2) is 13.4 Å². The summed E-state index contributed by atoms with van der Waals surface area (Å²) in [4.78, 5) is 18.8. The number of nitrogens with one attached hydrogen (secondary N) is 1. The summed E-state index contributed by atoms with van der Waals surface area (Å²) in [6.45, 7) is 3.98. The molecule has 3 heterocycles. The van der Waals surface area contributed by atoms with Crippen LogP contribution in [0.3, 0.4) is 0 Å². The Balaban J connectivity index is 1.81. The molecule has 7 heteroatoms. The molecule has 1 fully saturated rings. The summed E-state index contributed by atoms with van der Waals surface area (Å²) in [5, 5.41) is 5.69. The first-order valence-corrected chi connectivity index (χ1v) is 11.5. The number of carbonyl (C=O) groups excluding carboxylic acids is 1. The number of aryl methyl sites for hydroxylation is 2. The minimum atomic E-state index is -3.05. The van der Waals surface area contributed by atoms with Gasteiger partial charge < -0.3 is 5.32 Å². The molecule has 27 heavy (non-hydrogen) atoms. The van der Waals surface area contributed by atoms with Crippen LogP contribution in [0.1, 0.15) is 27.9 Å². The Kier molecular flexibility index (Phi) is 4.52. The summed E-state index contributed by atoms with van der Waals surface area (Å²) in [5.74, 6) is -0.0991. The Labute approximate surface area is 162 Å². The van der Waals surface area contributed by atoms with E-state index in [0.717, 1.165) is 32.6 Å². The largest absolute Gasteiger partial charge is 0.348 e. The number of hydrogen-bond donors (Lipinski definition) is 1. The van der Waals surface area contributed by atoms with Crippen molar-refractivity contribution in [2.45, 2.75) is 26.3 Å². The Bertz CT molecular complexity index is 1140. The first kappa shape index (κ1) is 18.1. The third-order valence-electron chi connectivity index (χ3n) is 4.83. The molecule has 4 rings (SSSR count). The zero-order chi connectivity index (χ0) is 19.2. The molecule has 1 aliphatic rings. The Morgan fingerprint density at radius 1 is 1.26 bits per heavy atom. The van der Waals surface area contributed by atoms with Gasteiger partial charge in [-0.1, -0.05) is 17.7 Å². The van der Waals surface area contributed by atoms with Gasteiger partial charge >= 0.3 is 0 Å². The Morgan fingerprint density at radius 3 is 2.74 bits per heavy atom. The highest BCUT2D eigenvalue weighted by atomic mass is 32.2. The SMILES string of the molecule is Cc1cc(C)c2nc(-c3cccs3)cc(C(=O)NC3CCS(=O)(=O)C3)c2c1. The van der Waals surface area contributed by atoms with Crippen LogP contribution in [0.2, 0.25) is 0 Å². The average Bonchev–Trinajstić information content (AvgIpc) is 3.23. The maximum absolute atomic E-state index is 13.0. The summed E-state index contributed by atoms with van der Waals surface area (Å²) in [7, 11) is -3.05. The van der Waals surface area contributed by atoms with Crippen molar-refractivity contribution in [3.8, 4) is 10.6 Å². The molecule has 1 N–H and O–H groups in total. The average molecular weight is 401 g/mol. The van der Waals surface area contributed by atoms with Gasteiger partial charge in [0.2, 0.25) is 0 Å². The predicted octanol–water partition coefficient (Wildman–Crippen LogP) is 3.50. The van der Waals surface area contributed by atoms with Crippen molar-refractivity contribution in [2.24, 2.45) is 0 Å². The second-order valence-corrected chi connectivity index (χ2v) is 10.3. The van der Waals surface area contributed by atoms with Gasteiger partial charge in [0.15, 0.2) is 9.84 Å². The van der Waals surface area contributed by atoms with Gasteiger partial charge in [-0.05, 0) is 49.4 Å². The molecule has 0 radical (unpaired) electrons. The van der Waals surface area contributed by atoms with Gasteiger partial charge in [-0.3, -0.25) is 4.79 Å². The van der Waals surface area contributed by atoms with E-state index < -0.39 is 9.84 Å². The lowest BCUT2D eigenvalue weighted by Crippen LogP contribution is -2.35. The van der Waals surface area contributed by atoms with Gasteiger partial charge in [-0.2, -0.15) is 0 Å². The zero-order valence-corrected chi connectivity index (χ0v) is 16.8. The van der Waals surface area contributed by atoms with E-state index in [0.29, 0.717) is 12.0 Å². The van der Waals surface area contributed by atoms with Gasteiger partial charge in [-0.15, -0.1) is 11.3 Å². The summed E-state index contributed by atoms with van der Waals surface area (Å²) in [6.07, 6.45) is 0.465. The van der Waals surface area contributed by atoms with Crippen molar-refractivity contribution in [3.63, 3.8) is 0 Å². The molecule has 0 bridgehead atoms. The van der Waals surface area contributed by atoms with E-state index in [1.807, 2.05) is 43.5 Å². The number of carbonyl (C=O) groups is 1. The van der Waals surface area contributed by atoms with Crippen LogP contribution >= 0.6 is 11.3 Å². The van der Waals surface area contributed by atoms with Crippen LogP contribution in [0.15, 0.2) is 35.7 Å². The topological polar surface area (TPSA) is 76.1 Å². The monoisotopic (exact) mass is 400 g/mol.